The van der Waals surface area contributed by atoms with Crippen molar-refractivity contribution in [3.8, 4) is 0 Å². The molecule has 116 valence electrons. The van der Waals surface area contributed by atoms with E-state index in [1.807, 2.05) is 13.8 Å². The molecule has 0 aromatic heterocycles. The Balaban J connectivity index is 2.12. The van der Waals surface area contributed by atoms with Crippen LogP contribution in [-0.2, 0) is 14.8 Å². The van der Waals surface area contributed by atoms with Crippen LogP contribution in [-0.4, -0.2) is 37.8 Å². The summed E-state index contributed by atoms with van der Waals surface area (Å²) in [5, 5.41) is 2.86. The van der Waals surface area contributed by atoms with Gasteiger partial charge in [0.1, 0.15) is 0 Å². The minimum absolute atomic E-state index is 0.0574. The first-order chi connectivity index (χ1) is 9.91. The van der Waals surface area contributed by atoms with Crippen molar-refractivity contribution in [3.05, 3.63) is 30.3 Å². The zero-order valence-electron chi connectivity index (χ0n) is 12.5. The van der Waals surface area contributed by atoms with Gasteiger partial charge in [0.15, 0.2) is 0 Å². The molecule has 1 aliphatic rings. The van der Waals surface area contributed by atoms with E-state index in [0.29, 0.717) is 13.0 Å². The smallest absolute Gasteiger partial charge is 0.243 e. The summed E-state index contributed by atoms with van der Waals surface area (Å²) in [4.78, 5) is 12.4. The molecule has 1 aromatic carbocycles. The average Bonchev–Trinajstić information content (AvgIpc) is 2.47. The zero-order valence-corrected chi connectivity index (χ0v) is 13.3. The van der Waals surface area contributed by atoms with Crippen LogP contribution < -0.4 is 5.32 Å². The standard InChI is InChI=1S/C15H22N2O3S/c1-12(2)16-15(18)13-7-6-10-17(11-13)21(19,20)14-8-4-3-5-9-14/h3-5,8-9,12-13H,6-7,10-11H2,1-2H3,(H,16,18)/t13-/m0/s1. The van der Waals surface area contributed by atoms with E-state index in [-0.39, 0.29) is 29.3 Å². The van der Waals surface area contributed by atoms with Crippen LogP contribution in [0.1, 0.15) is 26.7 Å². The predicted octanol–water partition coefficient (Wildman–Crippen LogP) is 1.61. The van der Waals surface area contributed by atoms with Crippen molar-refractivity contribution in [2.45, 2.75) is 37.6 Å². The van der Waals surface area contributed by atoms with Gasteiger partial charge in [0.05, 0.1) is 10.8 Å². The van der Waals surface area contributed by atoms with Gasteiger partial charge in [-0.1, -0.05) is 18.2 Å². The topological polar surface area (TPSA) is 66.5 Å². The molecule has 2 rings (SSSR count). The number of rotatable bonds is 4. The molecule has 0 bridgehead atoms. The normalized spacial score (nSPS) is 20.4. The summed E-state index contributed by atoms with van der Waals surface area (Å²) in [6, 6.07) is 8.45. The maximum absolute atomic E-state index is 12.6. The minimum Gasteiger partial charge on any atom is -0.354 e. The number of hydrogen-bond donors (Lipinski definition) is 1. The van der Waals surface area contributed by atoms with E-state index in [1.54, 1.807) is 30.3 Å². The molecule has 1 atom stereocenters. The Morgan fingerprint density at radius 3 is 2.57 bits per heavy atom. The fraction of sp³-hybridized carbons (Fsp3) is 0.533. The highest BCUT2D eigenvalue weighted by atomic mass is 32.2. The Labute approximate surface area is 126 Å². The number of carbonyl (C=O) groups excluding carboxylic acids is 1. The summed E-state index contributed by atoms with van der Waals surface area (Å²) in [7, 11) is -3.50. The Morgan fingerprint density at radius 1 is 1.29 bits per heavy atom. The Hall–Kier alpha value is -1.40. The molecule has 1 aromatic rings. The summed E-state index contributed by atoms with van der Waals surface area (Å²) in [5.74, 6) is -0.322. The van der Waals surface area contributed by atoms with Gasteiger partial charge in [-0.25, -0.2) is 8.42 Å². The average molecular weight is 310 g/mol. The molecular formula is C15H22N2O3S. The van der Waals surface area contributed by atoms with E-state index >= 15 is 0 Å². The molecule has 5 nitrogen and oxygen atoms in total. The number of hydrogen-bond acceptors (Lipinski definition) is 3. The number of carbonyl (C=O) groups is 1. The first-order valence-corrected chi connectivity index (χ1v) is 8.71. The molecule has 1 amide bonds. The number of sulfonamides is 1. The first-order valence-electron chi connectivity index (χ1n) is 7.27. The first kappa shape index (κ1) is 16.0. The minimum atomic E-state index is -3.50. The van der Waals surface area contributed by atoms with Crippen LogP contribution in [0.4, 0.5) is 0 Å². The number of nitrogens with zero attached hydrogens (tertiary/aromatic N) is 1. The van der Waals surface area contributed by atoms with Crippen LogP contribution in [0.5, 0.6) is 0 Å². The number of nitrogens with one attached hydrogen (secondary N) is 1. The lowest BCUT2D eigenvalue weighted by atomic mass is 9.98. The monoisotopic (exact) mass is 310 g/mol. The van der Waals surface area contributed by atoms with Gasteiger partial charge in [-0.15, -0.1) is 0 Å². The van der Waals surface area contributed by atoms with Crippen molar-refractivity contribution in [2.75, 3.05) is 13.1 Å². The number of piperidine rings is 1. The third-order valence-corrected chi connectivity index (χ3v) is 5.45. The maximum atomic E-state index is 12.6. The molecule has 6 heteroatoms. The van der Waals surface area contributed by atoms with Gasteiger partial charge in [0, 0.05) is 19.1 Å². The molecule has 0 saturated carbocycles. The number of amides is 1. The van der Waals surface area contributed by atoms with Crippen molar-refractivity contribution < 1.29 is 13.2 Å². The van der Waals surface area contributed by atoms with E-state index in [2.05, 4.69) is 5.32 Å². The van der Waals surface area contributed by atoms with E-state index in [9.17, 15) is 13.2 Å². The second kappa shape index (κ2) is 6.58. The molecule has 1 aliphatic heterocycles. The fourth-order valence-corrected chi connectivity index (χ4v) is 4.06. The van der Waals surface area contributed by atoms with Crippen LogP contribution in [0.2, 0.25) is 0 Å². The predicted molar refractivity (Wildman–Crippen MR) is 81.2 cm³/mol. The molecule has 1 heterocycles. The van der Waals surface area contributed by atoms with E-state index in [1.165, 1.54) is 4.31 Å². The van der Waals surface area contributed by atoms with Crippen LogP contribution in [0.3, 0.4) is 0 Å². The highest BCUT2D eigenvalue weighted by Crippen LogP contribution is 2.23. The molecule has 1 N–H and O–H groups in total. The van der Waals surface area contributed by atoms with Gasteiger partial charge in [-0.2, -0.15) is 4.31 Å². The molecule has 21 heavy (non-hydrogen) atoms. The highest BCUT2D eigenvalue weighted by Gasteiger charge is 2.33. The second-order valence-corrected chi connectivity index (χ2v) is 7.62. The SMILES string of the molecule is CC(C)NC(=O)[C@H]1CCCN(S(=O)(=O)c2ccccc2)C1. The molecule has 1 fully saturated rings. The molecular weight excluding hydrogens is 288 g/mol. The molecule has 0 unspecified atom stereocenters. The Kier molecular flexibility index (Phi) is 5.00. The lowest BCUT2D eigenvalue weighted by molar-refractivity contribution is -0.126. The van der Waals surface area contributed by atoms with Gasteiger partial charge < -0.3 is 5.32 Å². The van der Waals surface area contributed by atoms with E-state index < -0.39 is 10.0 Å². The van der Waals surface area contributed by atoms with Gasteiger partial charge in [-0.3, -0.25) is 4.79 Å². The third-order valence-electron chi connectivity index (χ3n) is 3.57. The van der Waals surface area contributed by atoms with Crippen molar-refractivity contribution in [1.29, 1.82) is 0 Å². The maximum Gasteiger partial charge on any atom is 0.243 e. The highest BCUT2D eigenvalue weighted by molar-refractivity contribution is 7.89. The second-order valence-electron chi connectivity index (χ2n) is 5.68. The lowest BCUT2D eigenvalue weighted by Gasteiger charge is -2.31. The van der Waals surface area contributed by atoms with Gasteiger partial charge in [0.25, 0.3) is 0 Å². The number of benzene rings is 1. The van der Waals surface area contributed by atoms with Crippen molar-refractivity contribution >= 4 is 15.9 Å². The van der Waals surface area contributed by atoms with E-state index in [0.717, 1.165) is 6.42 Å². The van der Waals surface area contributed by atoms with Gasteiger partial charge in [0.2, 0.25) is 15.9 Å². The van der Waals surface area contributed by atoms with Crippen LogP contribution in [0.15, 0.2) is 35.2 Å². The van der Waals surface area contributed by atoms with Crippen molar-refractivity contribution in [1.82, 2.24) is 9.62 Å². The van der Waals surface area contributed by atoms with Gasteiger partial charge >= 0.3 is 0 Å². The Bertz CT molecular complexity index is 584. The van der Waals surface area contributed by atoms with Crippen LogP contribution >= 0.6 is 0 Å². The quantitative estimate of drug-likeness (QED) is 0.919. The molecule has 0 radical (unpaired) electrons. The summed E-state index contributed by atoms with van der Waals surface area (Å²) in [6.07, 6.45) is 1.45. The zero-order chi connectivity index (χ0) is 15.5. The summed E-state index contributed by atoms with van der Waals surface area (Å²) in [6.45, 7) is 4.54. The van der Waals surface area contributed by atoms with Gasteiger partial charge in [-0.05, 0) is 38.8 Å². The van der Waals surface area contributed by atoms with Crippen molar-refractivity contribution in [2.24, 2.45) is 5.92 Å². The lowest BCUT2D eigenvalue weighted by Crippen LogP contribution is -2.46. The van der Waals surface area contributed by atoms with Crippen molar-refractivity contribution in [3.63, 3.8) is 0 Å². The van der Waals surface area contributed by atoms with Crippen LogP contribution in [0, 0.1) is 5.92 Å². The summed E-state index contributed by atoms with van der Waals surface area (Å²) in [5.41, 5.74) is 0. The largest absolute Gasteiger partial charge is 0.354 e. The molecule has 0 spiro atoms. The molecule has 1 saturated heterocycles. The fourth-order valence-electron chi connectivity index (χ4n) is 2.52. The molecule has 0 aliphatic carbocycles. The summed E-state index contributed by atoms with van der Waals surface area (Å²) >= 11 is 0. The third kappa shape index (κ3) is 3.83. The van der Waals surface area contributed by atoms with E-state index in [4.69, 9.17) is 0 Å². The summed E-state index contributed by atoms with van der Waals surface area (Å²) < 4.78 is 26.6. The van der Waals surface area contributed by atoms with Crippen LogP contribution in [0.25, 0.3) is 0 Å². The Morgan fingerprint density at radius 2 is 1.95 bits per heavy atom.